The summed E-state index contributed by atoms with van der Waals surface area (Å²) in [6.07, 6.45) is 6.08. The zero-order valence-corrected chi connectivity index (χ0v) is 9.25. The summed E-state index contributed by atoms with van der Waals surface area (Å²) >= 11 is 0. The molecule has 0 aromatic rings. The van der Waals surface area contributed by atoms with Gasteiger partial charge in [-0.2, -0.15) is 0 Å². The number of esters is 1. The maximum Gasteiger partial charge on any atom is 0.305 e. The molecule has 0 spiro atoms. The minimum absolute atomic E-state index is 0.139. The summed E-state index contributed by atoms with van der Waals surface area (Å²) in [7, 11) is 1.40. The van der Waals surface area contributed by atoms with Crippen LogP contribution in [0.1, 0.15) is 33.1 Å². The van der Waals surface area contributed by atoms with Crippen LogP contribution in [0.3, 0.4) is 0 Å². The molecule has 0 radical (unpaired) electrons. The fourth-order valence-electron chi connectivity index (χ4n) is 0.921. The van der Waals surface area contributed by atoms with Gasteiger partial charge in [0.2, 0.25) is 0 Å². The van der Waals surface area contributed by atoms with Crippen LogP contribution < -0.4 is 0 Å². The molecule has 0 saturated carbocycles. The summed E-state index contributed by atoms with van der Waals surface area (Å²) in [5, 5.41) is 8.95. The molecule has 0 aromatic heterocycles. The highest BCUT2D eigenvalue weighted by Crippen LogP contribution is 2.15. The first-order valence-corrected chi connectivity index (χ1v) is 4.87. The second-order valence-electron chi connectivity index (χ2n) is 4.02. The van der Waals surface area contributed by atoms with Gasteiger partial charge in [-0.15, -0.1) is 0 Å². The molecular weight excluding hydrogens is 180 g/mol. The Hall–Kier alpha value is -0.830. The van der Waals surface area contributed by atoms with E-state index in [1.54, 1.807) is 0 Å². The van der Waals surface area contributed by atoms with E-state index in [9.17, 15) is 4.79 Å². The number of carbonyl (C=O) groups is 1. The molecule has 0 heterocycles. The average Bonchev–Trinajstić information content (AvgIpc) is 2.17. The van der Waals surface area contributed by atoms with Crippen molar-refractivity contribution in [3.8, 4) is 0 Å². The molecule has 1 N–H and O–H groups in total. The molecule has 14 heavy (non-hydrogen) atoms. The lowest BCUT2D eigenvalue weighted by Gasteiger charge is -2.15. The molecule has 82 valence electrons. The van der Waals surface area contributed by atoms with Crippen LogP contribution in [-0.4, -0.2) is 24.8 Å². The summed E-state index contributed by atoms with van der Waals surface area (Å²) in [5.41, 5.74) is -0.161. The average molecular weight is 200 g/mol. The van der Waals surface area contributed by atoms with Crippen LogP contribution in [0.2, 0.25) is 0 Å². The number of hydrogen-bond donors (Lipinski definition) is 1. The summed E-state index contributed by atoms with van der Waals surface area (Å²) in [6, 6.07) is 0. The molecule has 0 aromatic carbocycles. The lowest BCUT2D eigenvalue weighted by atomic mass is 9.94. The zero-order chi connectivity index (χ0) is 11.0. The van der Waals surface area contributed by atoms with Gasteiger partial charge in [0, 0.05) is 11.8 Å². The maximum atomic E-state index is 10.7. The number of carbonyl (C=O) groups excluding carboxylic acids is 1. The van der Waals surface area contributed by atoms with E-state index < -0.39 is 0 Å². The molecule has 0 aliphatic heterocycles. The predicted octanol–water partition coefficient (Wildman–Crippen LogP) is 1.90. The topological polar surface area (TPSA) is 46.5 Å². The lowest BCUT2D eigenvalue weighted by Crippen LogP contribution is -2.12. The number of aliphatic hydroxyl groups is 1. The third-order valence-electron chi connectivity index (χ3n) is 1.96. The molecule has 0 unspecified atom stereocenters. The van der Waals surface area contributed by atoms with Gasteiger partial charge >= 0.3 is 5.97 Å². The SMILES string of the molecule is COC(=O)CCC/C=C\C(C)(C)CO. The molecule has 3 heteroatoms. The molecule has 0 atom stereocenters. The molecule has 0 aliphatic rings. The minimum atomic E-state index is -0.167. The summed E-state index contributed by atoms with van der Waals surface area (Å²) in [4.78, 5) is 10.7. The van der Waals surface area contributed by atoms with Crippen LogP contribution >= 0.6 is 0 Å². The van der Waals surface area contributed by atoms with Crippen molar-refractivity contribution in [3.63, 3.8) is 0 Å². The van der Waals surface area contributed by atoms with Crippen molar-refractivity contribution >= 4 is 5.97 Å². The first-order valence-electron chi connectivity index (χ1n) is 4.87. The Labute approximate surface area is 85.8 Å². The van der Waals surface area contributed by atoms with Gasteiger partial charge in [0.25, 0.3) is 0 Å². The van der Waals surface area contributed by atoms with Crippen LogP contribution in [0.25, 0.3) is 0 Å². The van der Waals surface area contributed by atoms with E-state index >= 15 is 0 Å². The normalized spacial score (nSPS) is 12.0. The maximum absolute atomic E-state index is 10.7. The van der Waals surface area contributed by atoms with Crippen molar-refractivity contribution < 1.29 is 14.6 Å². The Morgan fingerprint density at radius 2 is 2.14 bits per heavy atom. The predicted molar refractivity (Wildman–Crippen MR) is 55.9 cm³/mol. The zero-order valence-electron chi connectivity index (χ0n) is 9.25. The van der Waals surface area contributed by atoms with E-state index in [1.165, 1.54) is 7.11 Å². The quantitative estimate of drug-likeness (QED) is 0.404. The minimum Gasteiger partial charge on any atom is -0.469 e. The molecular formula is C11H20O3. The van der Waals surface area contributed by atoms with Crippen molar-refractivity contribution in [2.24, 2.45) is 5.41 Å². The molecule has 3 nitrogen and oxygen atoms in total. The Bertz CT molecular complexity index is 195. The number of hydrogen-bond acceptors (Lipinski definition) is 3. The van der Waals surface area contributed by atoms with E-state index in [0.29, 0.717) is 6.42 Å². The van der Waals surface area contributed by atoms with E-state index in [2.05, 4.69) is 4.74 Å². The third kappa shape index (κ3) is 6.66. The van der Waals surface area contributed by atoms with Gasteiger partial charge in [-0.25, -0.2) is 0 Å². The van der Waals surface area contributed by atoms with Gasteiger partial charge < -0.3 is 9.84 Å². The standard InChI is InChI=1S/C11H20O3/c1-11(2,9-12)8-6-4-5-7-10(13)14-3/h6,8,12H,4-5,7,9H2,1-3H3/b8-6-. The Balaban J connectivity index is 3.59. The highest BCUT2D eigenvalue weighted by molar-refractivity contribution is 5.68. The number of rotatable bonds is 6. The third-order valence-corrected chi connectivity index (χ3v) is 1.96. The monoisotopic (exact) mass is 200 g/mol. The van der Waals surface area contributed by atoms with Gasteiger partial charge in [0.1, 0.15) is 0 Å². The Morgan fingerprint density at radius 3 is 2.64 bits per heavy atom. The van der Waals surface area contributed by atoms with Gasteiger partial charge in [-0.3, -0.25) is 4.79 Å². The summed E-state index contributed by atoms with van der Waals surface area (Å²) < 4.78 is 4.52. The van der Waals surface area contributed by atoms with Crippen LogP contribution in [0.5, 0.6) is 0 Å². The smallest absolute Gasteiger partial charge is 0.305 e. The number of unbranched alkanes of at least 4 members (excludes halogenated alkanes) is 1. The molecule has 0 fully saturated rings. The first kappa shape index (κ1) is 13.2. The highest BCUT2D eigenvalue weighted by Gasteiger charge is 2.10. The van der Waals surface area contributed by atoms with Crippen molar-refractivity contribution in [1.82, 2.24) is 0 Å². The Kier molecular flexibility index (Phi) is 6.21. The van der Waals surface area contributed by atoms with Gasteiger partial charge in [0.15, 0.2) is 0 Å². The molecule has 0 aliphatic carbocycles. The van der Waals surface area contributed by atoms with Crippen molar-refractivity contribution in [2.45, 2.75) is 33.1 Å². The van der Waals surface area contributed by atoms with Gasteiger partial charge in [-0.05, 0) is 12.8 Å². The first-order chi connectivity index (χ1) is 6.52. The molecule has 0 amide bonds. The second kappa shape index (κ2) is 6.60. The van der Waals surface area contributed by atoms with Gasteiger partial charge in [-0.1, -0.05) is 26.0 Å². The van der Waals surface area contributed by atoms with Crippen molar-refractivity contribution in [1.29, 1.82) is 0 Å². The molecule has 0 rings (SSSR count). The number of allylic oxidation sites excluding steroid dienone is 1. The summed E-state index contributed by atoms with van der Waals surface area (Å²) in [5.74, 6) is -0.167. The van der Waals surface area contributed by atoms with E-state index in [0.717, 1.165) is 12.8 Å². The van der Waals surface area contributed by atoms with Crippen molar-refractivity contribution in [3.05, 3.63) is 12.2 Å². The largest absolute Gasteiger partial charge is 0.469 e. The van der Waals surface area contributed by atoms with E-state index in [-0.39, 0.29) is 18.0 Å². The highest BCUT2D eigenvalue weighted by atomic mass is 16.5. The van der Waals surface area contributed by atoms with E-state index in [1.807, 2.05) is 26.0 Å². The van der Waals surface area contributed by atoms with Crippen LogP contribution in [0, 0.1) is 5.41 Å². The number of ether oxygens (including phenoxy) is 1. The van der Waals surface area contributed by atoms with Crippen molar-refractivity contribution in [2.75, 3.05) is 13.7 Å². The van der Waals surface area contributed by atoms with Gasteiger partial charge in [0.05, 0.1) is 13.7 Å². The number of aliphatic hydroxyl groups excluding tert-OH is 1. The second-order valence-corrected chi connectivity index (χ2v) is 4.02. The van der Waals surface area contributed by atoms with Crippen LogP contribution in [-0.2, 0) is 9.53 Å². The van der Waals surface area contributed by atoms with Crippen LogP contribution in [0.4, 0.5) is 0 Å². The van der Waals surface area contributed by atoms with Crippen LogP contribution in [0.15, 0.2) is 12.2 Å². The lowest BCUT2D eigenvalue weighted by molar-refractivity contribution is -0.140. The fourth-order valence-corrected chi connectivity index (χ4v) is 0.921. The summed E-state index contributed by atoms with van der Waals surface area (Å²) in [6.45, 7) is 4.06. The molecule has 0 saturated heterocycles. The Morgan fingerprint density at radius 1 is 1.50 bits per heavy atom. The number of methoxy groups -OCH3 is 1. The molecule has 0 bridgehead atoms. The van der Waals surface area contributed by atoms with E-state index in [4.69, 9.17) is 5.11 Å². The fraction of sp³-hybridized carbons (Fsp3) is 0.727.